The van der Waals surface area contributed by atoms with Gasteiger partial charge in [-0.1, -0.05) is 24.3 Å². The topological polar surface area (TPSA) is 36.4 Å². The Morgan fingerprint density at radius 1 is 1.26 bits per heavy atom. The van der Waals surface area contributed by atoms with Gasteiger partial charge in [0, 0.05) is 44.9 Å². The van der Waals surface area contributed by atoms with Gasteiger partial charge < -0.3 is 9.80 Å². The number of carbonyl (C=O) groups is 1. The van der Waals surface area contributed by atoms with Crippen molar-refractivity contribution in [3.8, 4) is 0 Å². The quantitative estimate of drug-likeness (QED) is 0.874. The van der Waals surface area contributed by atoms with Crippen LogP contribution in [0.4, 0.5) is 5.82 Å². The van der Waals surface area contributed by atoms with Crippen molar-refractivity contribution in [3.05, 3.63) is 59.3 Å². The molecule has 0 aliphatic carbocycles. The first-order chi connectivity index (χ1) is 11.1. The van der Waals surface area contributed by atoms with Gasteiger partial charge in [0.1, 0.15) is 5.82 Å². The Kier molecular flexibility index (Phi) is 4.33. The molecule has 0 unspecified atom stereocenters. The molecule has 0 saturated carbocycles. The standard InChI is InChI=1S/C19H23N3O/c1-14-6-4-5-7-17(14)16-9-11-22(13-16)19(23)15-8-10-20-18(12-15)21(2)3/h4-8,10,12,16H,9,11,13H2,1-3H3/t16-/m0/s1. The third kappa shape index (κ3) is 3.21. The zero-order valence-corrected chi connectivity index (χ0v) is 14.0. The fraction of sp³-hybridized carbons (Fsp3) is 0.368. The van der Waals surface area contributed by atoms with Gasteiger partial charge in [0.25, 0.3) is 5.91 Å². The molecule has 2 heterocycles. The van der Waals surface area contributed by atoms with Crippen molar-refractivity contribution in [3.63, 3.8) is 0 Å². The molecule has 1 atom stereocenters. The van der Waals surface area contributed by atoms with Crippen LogP contribution >= 0.6 is 0 Å². The highest BCUT2D eigenvalue weighted by Crippen LogP contribution is 2.30. The molecule has 3 rings (SSSR count). The maximum atomic E-state index is 12.8. The third-order valence-electron chi connectivity index (χ3n) is 4.55. The Balaban J connectivity index is 1.75. The van der Waals surface area contributed by atoms with Gasteiger partial charge in [-0.05, 0) is 36.6 Å². The highest BCUT2D eigenvalue weighted by atomic mass is 16.2. The summed E-state index contributed by atoms with van der Waals surface area (Å²) in [6.45, 7) is 3.76. The molecule has 2 aromatic rings. The molecule has 0 spiro atoms. The smallest absolute Gasteiger partial charge is 0.254 e. The first-order valence-corrected chi connectivity index (χ1v) is 8.04. The van der Waals surface area contributed by atoms with Crippen LogP contribution in [0.2, 0.25) is 0 Å². The number of nitrogens with zero attached hydrogens (tertiary/aromatic N) is 3. The number of likely N-dealkylation sites (tertiary alicyclic amines) is 1. The lowest BCUT2D eigenvalue weighted by Crippen LogP contribution is -2.28. The molecule has 0 bridgehead atoms. The van der Waals surface area contributed by atoms with Crippen LogP contribution in [0.1, 0.15) is 33.8 Å². The summed E-state index contributed by atoms with van der Waals surface area (Å²) in [5.41, 5.74) is 3.39. The Bertz CT molecular complexity index is 711. The second-order valence-electron chi connectivity index (χ2n) is 6.39. The molecule has 4 heteroatoms. The average Bonchev–Trinajstić information content (AvgIpc) is 3.04. The van der Waals surface area contributed by atoms with E-state index in [0.717, 1.165) is 25.3 Å². The van der Waals surface area contributed by atoms with E-state index in [4.69, 9.17) is 0 Å². The van der Waals surface area contributed by atoms with Crippen molar-refractivity contribution in [2.75, 3.05) is 32.1 Å². The number of aryl methyl sites for hydroxylation is 1. The van der Waals surface area contributed by atoms with Crippen molar-refractivity contribution >= 4 is 11.7 Å². The number of hydrogen-bond donors (Lipinski definition) is 0. The van der Waals surface area contributed by atoms with Gasteiger partial charge in [-0.3, -0.25) is 4.79 Å². The fourth-order valence-electron chi connectivity index (χ4n) is 3.22. The maximum absolute atomic E-state index is 12.8. The van der Waals surface area contributed by atoms with Crippen LogP contribution in [0.3, 0.4) is 0 Å². The van der Waals surface area contributed by atoms with Gasteiger partial charge >= 0.3 is 0 Å². The summed E-state index contributed by atoms with van der Waals surface area (Å²) in [4.78, 5) is 20.9. The van der Waals surface area contributed by atoms with E-state index in [0.29, 0.717) is 11.5 Å². The van der Waals surface area contributed by atoms with Gasteiger partial charge in [-0.15, -0.1) is 0 Å². The van der Waals surface area contributed by atoms with E-state index >= 15 is 0 Å². The summed E-state index contributed by atoms with van der Waals surface area (Å²) in [6.07, 6.45) is 2.74. The fourth-order valence-corrected chi connectivity index (χ4v) is 3.22. The van der Waals surface area contributed by atoms with Gasteiger partial charge in [-0.2, -0.15) is 0 Å². The molecule has 1 aromatic carbocycles. The molecule has 0 N–H and O–H groups in total. The van der Waals surface area contributed by atoms with Crippen LogP contribution in [-0.4, -0.2) is 43.0 Å². The number of carbonyl (C=O) groups excluding carboxylic acids is 1. The monoisotopic (exact) mass is 309 g/mol. The molecule has 120 valence electrons. The van der Waals surface area contributed by atoms with Crippen LogP contribution < -0.4 is 4.90 Å². The van der Waals surface area contributed by atoms with Crippen LogP contribution in [0.25, 0.3) is 0 Å². The number of aromatic nitrogens is 1. The lowest BCUT2D eigenvalue weighted by Gasteiger charge is -2.19. The summed E-state index contributed by atoms with van der Waals surface area (Å²) in [5.74, 6) is 1.35. The third-order valence-corrected chi connectivity index (χ3v) is 4.55. The summed E-state index contributed by atoms with van der Waals surface area (Å²) in [7, 11) is 3.86. The number of pyridine rings is 1. The van der Waals surface area contributed by atoms with Gasteiger partial charge in [0.2, 0.25) is 0 Å². The highest BCUT2D eigenvalue weighted by Gasteiger charge is 2.28. The Hall–Kier alpha value is -2.36. The van der Waals surface area contributed by atoms with Gasteiger partial charge in [-0.25, -0.2) is 4.98 Å². The maximum Gasteiger partial charge on any atom is 0.254 e. The van der Waals surface area contributed by atoms with Crippen LogP contribution in [0, 0.1) is 6.92 Å². The molecule has 1 aromatic heterocycles. The minimum Gasteiger partial charge on any atom is -0.363 e. The average molecular weight is 309 g/mol. The van der Waals surface area contributed by atoms with Crippen molar-refractivity contribution in [1.82, 2.24) is 9.88 Å². The summed E-state index contributed by atoms with van der Waals surface area (Å²) in [6, 6.07) is 12.1. The van der Waals surface area contributed by atoms with Crippen molar-refractivity contribution in [2.24, 2.45) is 0 Å². The minimum atomic E-state index is 0.103. The Morgan fingerprint density at radius 2 is 2.04 bits per heavy atom. The van der Waals surface area contributed by atoms with E-state index < -0.39 is 0 Å². The van der Waals surface area contributed by atoms with E-state index in [2.05, 4.69) is 36.2 Å². The zero-order valence-electron chi connectivity index (χ0n) is 14.0. The van der Waals surface area contributed by atoms with Crippen molar-refractivity contribution in [1.29, 1.82) is 0 Å². The predicted octanol–water partition coefficient (Wildman–Crippen LogP) is 3.09. The minimum absolute atomic E-state index is 0.103. The second-order valence-corrected chi connectivity index (χ2v) is 6.39. The number of hydrogen-bond acceptors (Lipinski definition) is 3. The second kappa shape index (κ2) is 6.41. The normalized spacial score (nSPS) is 17.3. The number of benzene rings is 1. The lowest BCUT2D eigenvalue weighted by molar-refractivity contribution is 0.0790. The van der Waals surface area contributed by atoms with E-state index in [9.17, 15) is 4.79 Å². The molecule has 1 aliphatic rings. The molecule has 1 fully saturated rings. The molecule has 1 saturated heterocycles. The van der Waals surface area contributed by atoms with E-state index in [1.807, 2.05) is 30.0 Å². The van der Waals surface area contributed by atoms with E-state index in [-0.39, 0.29) is 5.91 Å². The first kappa shape index (κ1) is 15.5. The molecule has 1 aliphatic heterocycles. The summed E-state index contributed by atoms with van der Waals surface area (Å²) >= 11 is 0. The lowest BCUT2D eigenvalue weighted by atomic mass is 9.94. The molecule has 4 nitrogen and oxygen atoms in total. The van der Waals surface area contributed by atoms with Crippen LogP contribution in [0.15, 0.2) is 42.6 Å². The van der Waals surface area contributed by atoms with Gasteiger partial charge in [0.05, 0.1) is 0 Å². The predicted molar refractivity (Wildman–Crippen MR) is 93.0 cm³/mol. The molecule has 1 amide bonds. The van der Waals surface area contributed by atoms with Crippen LogP contribution in [-0.2, 0) is 0 Å². The first-order valence-electron chi connectivity index (χ1n) is 8.04. The SMILES string of the molecule is Cc1ccccc1[C@H]1CCN(C(=O)c2ccnc(N(C)C)c2)C1. The number of anilines is 1. The molecular formula is C19H23N3O. The molecule has 23 heavy (non-hydrogen) atoms. The van der Waals surface area contributed by atoms with Crippen molar-refractivity contribution in [2.45, 2.75) is 19.3 Å². The summed E-state index contributed by atoms with van der Waals surface area (Å²) in [5, 5.41) is 0. The molecular weight excluding hydrogens is 286 g/mol. The van der Waals surface area contributed by atoms with Crippen molar-refractivity contribution < 1.29 is 4.79 Å². The highest BCUT2D eigenvalue weighted by molar-refractivity contribution is 5.95. The van der Waals surface area contributed by atoms with E-state index in [1.54, 1.807) is 12.3 Å². The Labute approximate surface area is 137 Å². The zero-order chi connectivity index (χ0) is 16.4. The van der Waals surface area contributed by atoms with Crippen LogP contribution in [0.5, 0.6) is 0 Å². The molecule has 0 radical (unpaired) electrons. The number of amides is 1. The van der Waals surface area contributed by atoms with E-state index in [1.165, 1.54) is 11.1 Å². The summed E-state index contributed by atoms with van der Waals surface area (Å²) < 4.78 is 0. The Morgan fingerprint density at radius 3 is 2.78 bits per heavy atom. The largest absolute Gasteiger partial charge is 0.363 e. The van der Waals surface area contributed by atoms with Gasteiger partial charge in [0.15, 0.2) is 0 Å². The number of rotatable bonds is 3.